The van der Waals surface area contributed by atoms with Gasteiger partial charge >= 0.3 is 17.9 Å². The molecule has 30 nitrogen and oxygen atoms in total. The van der Waals surface area contributed by atoms with Gasteiger partial charge < -0.3 is 65.5 Å². The van der Waals surface area contributed by atoms with Crippen molar-refractivity contribution >= 4 is 62.0 Å². The Labute approximate surface area is 786 Å². The fourth-order valence-electron chi connectivity index (χ4n) is 17.6. The molecule has 0 spiro atoms. The van der Waals surface area contributed by atoms with Crippen LogP contribution in [0.1, 0.15) is 141 Å². The molecule has 0 aliphatic rings. The van der Waals surface area contributed by atoms with E-state index in [4.69, 9.17) is 52.0 Å². The molecule has 0 amide bonds. The van der Waals surface area contributed by atoms with E-state index < -0.39 is 17.9 Å². The van der Waals surface area contributed by atoms with Gasteiger partial charge in [0.25, 0.3) is 0 Å². The molecule has 0 bridgehead atoms. The molecular formula is C107H93N17O13. The quantitative estimate of drug-likeness (QED) is 0.0595. The van der Waals surface area contributed by atoms with Gasteiger partial charge in [0.1, 0.15) is 74.6 Å². The Morgan fingerprint density at radius 2 is 0.774 bits per heavy atom. The minimum absolute atomic E-state index is 0.0747. The van der Waals surface area contributed by atoms with Crippen LogP contribution < -0.4 is 14.2 Å². The second kappa shape index (κ2) is 39.0. The van der Waals surface area contributed by atoms with E-state index in [0.717, 1.165) is 202 Å². The maximum atomic E-state index is 12.2. The summed E-state index contributed by atoms with van der Waals surface area (Å²) in [4.78, 5) is 73.0. The highest BCUT2D eigenvalue weighted by Gasteiger charge is 2.29. The van der Waals surface area contributed by atoms with E-state index in [1.165, 1.54) is 28.4 Å². The van der Waals surface area contributed by atoms with Crippen LogP contribution in [0.5, 0.6) is 17.2 Å². The van der Waals surface area contributed by atoms with Gasteiger partial charge in [0, 0.05) is 135 Å². The first-order chi connectivity index (χ1) is 66.3. The molecule has 30 heteroatoms. The number of nitriles is 1. The zero-order valence-electron chi connectivity index (χ0n) is 77.7. The maximum absolute atomic E-state index is 12.2. The highest BCUT2D eigenvalue weighted by atomic mass is 16.5. The minimum Gasteiger partial charge on any atom is -0.496 e. The SMILES string of the molecule is COC(=O)c1ccc(-c2cn(Cc3cccc(C)n3)c3cc(-c4c(C)noc4C)cnc23)cc1OC.COc1cc(-c2cn(Cc3cccc(C)n3)c3cc(-c4c(C)noc4C)cnc23)ccc1C(=O)O.COc1cc(-c2cn([C@@H](C)c3ccccn3)c3cc(-c4c(C)noc4C)cnc23)ccc1C(=O)O.Cc1noc(C)c1-c1cnc2c(C#N)cn(C(c3ccccc3)c3ccccn3)c2c1. The molecule has 2 atom stereocenters. The van der Waals surface area contributed by atoms with Crippen molar-refractivity contribution in [1.82, 2.24) is 78.8 Å². The molecule has 0 saturated carbocycles. The number of carboxylic acid groups (broad SMARTS) is 2. The molecule has 137 heavy (non-hydrogen) atoms. The fourth-order valence-corrected chi connectivity index (χ4v) is 17.6. The second-order valence-electron chi connectivity index (χ2n) is 32.9. The summed E-state index contributed by atoms with van der Waals surface area (Å²) in [5.41, 5.74) is 30.2. The number of benzene rings is 4. The highest BCUT2D eigenvalue weighted by molar-refractivity contribution is 6.01. The first kappa shape index (κ1) is 91.3. The molecule has 20 rings (SSSR count). The third-order valence-electron chi connectivity index (χ3n) is 24.0. The number of pyridine rings is 8. The lowest BCUT2D eigenvalue weighted by Gasteiger charge is -2.20. The van der Waals surface area contributed by atoms with Gasteiger partial charge in [-0.3, -0.25) is 39.9 Å². The van der Waals surface area contributed by atoms with Crippen molar-refractivity contribution < 1.29 is 61.6 Å². The molecule has 0 aliphatic heterocycles. The van der Waals surface area contributed by atoms with E-state index in [1.54, 1.807) is 61.1 Å². The van der Waals surface area contributed by atoms with Gasteiger partial charge in [0.05, 0.1) is 137 Å². The van der Waals surface area contributed by atoms with E-state index in [-0.39, 0.29) is 23.2 Å². The molecule has 16 aromatic heterocycles. The predicted octanol–water partition coefficient (Wildman–Crippen LogP) is 21.9. The molecule has 0 aliphatic carbocycles. The van der Waals surface area contributed by atoms with E-state index >= 15 is 0 Å². The number of aryl methyl sites for hydroxylation is 10. The van der Waals surface area contributed by atoms with Crippen molar-refractivity contribution in [2.45, 2.75) is 101 Å². The fraction of sp³-hybridized carbons (Fsp3) is 0.178. The number of hydrogen-bond donors (Lipinski definition) is 2. The Bertz CT molecular complexity index is 7890. The van der Waals surface area contributed by atoms with Crippen LogP contribution in [0.4, 0.5) is 0 Å². The lowest BCUT2D eigenvalue weighted by molar-refractivity contribution is 0.0595. The van der Waals surface area contributed by atoms with Crippen LogP contribution in [0, 0.1) is 80.6 Å². The monoisotopic (exact) mass is 1820 g/mol. The summed E-state index contributed by atoms with van der Waals surface area (Å²) in [6, 6.07) is 59.7. The average Bonchev–Trinajstić information content (AvgIpc) is 1.62. The number of fused-ring (bicyclic) bond motifs is 4. The first-order valence-electron chi connectivity index (χ1n) is 43.7. The van der Waals surface area contributed by atoms with Gasteiger partial charge in [0.15, 0.2) is 0 Å². The first-order valence-corrected chi connectivity index (χ1v) is 43.7. The third kappa shape index (κ3) is 18.4. The van der Waals surface area contributed by atoms with Crippen LogP contribution in [0.25, 0.3) is 122 Å². The molecule has 20 aromatic rings. The van der Waals surface area contributed by atoms with E-state index in [9.17, 15) is 29.9 Å². The number of nitrogens with zero attached hydrogens (tertiary/aromatic N) is 17. The molecule has 1 unspecified atom stereocenters. The summed E-state index contributed by atoms with van der Waals surface area (Å²) < 4.78 is 51.1. The van der Waals surface area contributed by atoms with Crippen molar-refractivity contribution in [2.75, 3.05) is 28.4 Å². The number of carbonyl (C=O) groups is 3. The highest BCUT2D eigenvalue weighted by Crippen LogP contribution is 2.43. The predicted molar refractivity (Wildman–Crippen MR) is 517 cm³/mol. The van der Waals surface area contributed by atoms with Crippen molar-refractivity contribution in [3.63, 3.8) is 0 Å². The van der Waals surface area contributed by atoms with Crippen LogP contribution in [0.3, 0.4) is 0 Å². The van der Waals surface area contributed by atoms with Crippen LogP contribution >= 0.6 is 0 Å². The summed E-state index contributed by atoms with van der Waals surface area (Å²) in [6.07, 6.45) is 18.8. The lowest BCUT2D eigenvalue weighted by Crippen LogP contribution is -2.13. The average molecular weight is 1830 g/mol. The van der Waals surface area contributed by atoms with Gasteiger partial charge in [-0.25, -0.2) is 14.4 Å². The summed E-state index contributed by atoms with van der Waals surface area (Å²) in [7, 11) is 5.81. The number of carbonyl (C=O) groups excluding carboxylic acids is 1. The molecule has 2 N–H and O–H groups in total. The Morgan fingerprint density at radius 1 is 0.394 bits per heavy atom. The Hall–Kier alpha value is -17.6. The summed E-state index contributed by atoms with van der Waals surface area (Å²) in [6.45, 7) is 22.4. The minimum atomic E-state index is -1.04. The topological polar surface area (TPSA) is 379 Å². The van der Waals surface area contributed by atoms with Crippen molar-refractivity contribution in [3.8, 4) is 101 Å². The van der Waals surface area contributed by atoms with E-state index in [2.05, 4.69) is 119 Å². The standard InChI is InChI=1S/C28H26N4O4.2C27H24N4O4.C25H19N5O/c1-16-7-6-8-21(30-16)14-32-15-23(19-9-10-22(28(33)35-5)25(12-19)34-4)27-24(32)11-20(13-29-27)26-17(2)31-36-18(26)3;1-15-6-5-7-20(29-15)13-31-14-22(18-8-9-21(27(32)33)24(11-18)34-4)26-23(31)10-19(12-28-26)25-16(2)30-35-17(25)3;1-15-25(17(3)35-30-15)19-11-23-26(29-13-19)21(14-31(23)16(2)22-7-5-6-10-28-22)18-8-9-20(27(32)33)24(12-18)34-4;1-16-23(17(2)31-29-16)19-12-22-24(28-14-19)20(13-26)15-30(22)25(18-8-4-3-5-9-18)21-10-6-7-11-27-21/h6-13,15H,14H2,1-5H3;5-12,14H,13H2,1-4H3,(H,32,33);5-14,16H,1-4H3,(H,32,33);3-12,14-15,25H,1-2H3/t;;16-;/m..0./s1. The third-order valence-corrected chi connectivity index (χ3v) is 24.0. The number of aromatic nitrogens is 16. The zero-order chi connectivity index (χ0) is 96.1. The normalized spacial score (nSPS) is 11.6. The molecule has 4 aromatic carbocycles. The molecular weight excluding hydrogens is 1730 g/mol. The summed E-state index contributed by atoms with van der Waals surface area (Å²) >= 11 is 0. The smallest absolute Gasteiger partial charge is 0.341 e. The number of carboxylic acids is 2. The van der Waals surface area contributed by atoms with Gasteiger partial charge in [0.2, 0.25) is 0 Å². The Morgan fingerprint density at radius 3 is 1.15 bits per heavy atom. The van der Waals surface area contributed by atoms with Crippen LogP contribution in [-0.4, -0.2) is 135 Å². The van der Waals surface area contributed by atoms with Crippen LogP contribution in [0.2, 0.25) is 0 Å². The summed E-state index contributed by atoms with van der Waals surface area (Å²) in [5.74, 6) is 1.44. The van der Waals surface area contributed by atoms with Gasteiger partial charge in [-0.15, -0.1) is 0 Å². The molecule has 0 radical (unpaired) electrons. The van der Waals surface area contributed by atoms with E-state index in [1.807, 2.05) is 210 Å². The van der Waals surface area contributed by atoms with Gasteiger partial charge in [-0.2, -0.15) is 5.26 Å². The van der Waals surface area contributed by atoms with Crippen LogP contribution in [-0.2, 0) is 17.8 Å². The van der Waals surface area contributed by atoms with Gasteiger partial charge in [-0.1, -0.05) is 93.4 Å². The second-order valence-corrected chi connectivity index (χ2v) is 32.9. The number of esters is 1. The summed E-state index contributed by atoms with van der Waals surface area (Å²) in [5, 5.41) is 45.1. The largest absolute Gasteiger partial charge is 0.496 e. The number of methoxy groups -OCH3 is 4. The lowest BCUT2D eigenvalue weighted by atomic mass is 10.0. The number of rotatable bonds is 22. The molecule has 0 saturated heterocycles. The Balaban J connectivity index is 0.000000127. The molecule has 16 heterocycles. The number of ether oxygens (including phenoxy) is 4. The van der Waals surface area contributed by atoms with Crippen LogP contribution in [0.15, 0.2) is 262 Å². The van der Waals surface area contributed by atoms with Crippen molar-refractivity contribution in [2.24, 2.45) is 0 Å². The maximum Gasteiger partial charge on any atom is 0.341 e. The van der Waals surface area contributed by atoms with Crippen molar-refractivity contribution in [3.05, 3.63) is 352 Å². The zero-order valence-corrected chi connectivity index (χ0v) is 77.7. The molecule has 684 valence electrons. The molecule has 0 fully saturated rings. The van der Waals surface area contributed by atoms with Crippen molar-refractivity contribution in [1.29, 1.82) is 5.26 Å². The Kier molecular flexibility index (Phi) is 26.0. The number of aromatic carboxylic acids is 2. The van der Waals surface area contributed by atoms with Gasteiger partial charge in [-0.05, 0) is 208 Å². The number of hydrogen-bond acceptors (Lipinski definition) is 24. The van der Waals surface area contributed by atoms with E-state index in [0.29, 0.717) is 47.0 Å².